The molecule has 51 heavy (non-hydrogen) atoms. The molecule has 2 aliphatic heterocycles. The number of ether oxygens (including phenoxy) is 1. The fourth-order valence-electron chi connectivity index (χ4n) is 6.68. The quantitative estimate of drug-likeness (QED) is 0.139. The van der Waals surface area contributed by atoms with Crippen LogP contribution in [-0.4, -0.2) is 58.5 Å². The molecular weight excluding hydrogens is 689 g/mol. The lowest BCUT2D eigenvalue weighted by atomic mass is 9.98. The number of carbonyl (C=O) groups excluding carboxylic acids is 2. The third-order valence-corrected chi connectivity index (χ3v) is 10.2. The number of fused-ring (bicyclic) bond motifs is 1. The van der Waals surface area contributed by atoms with Crippen LogP contribution >= 0.6 is 23.2 Å². The minimum atomic E-state index is -0.162. The molecule has 0 radical (unpaired) electrons. The topological polar surface area (TPSA) is 139 Å². The largest absolute Gasteiger partial charge is 0.496 e. The summed E-state index contributed by atoms with van der Waals surface area (Å²) in [6, 6.07) is 17.4. The highest BCUT2D eigenvalue weighted by Crippen LogP contribution is 2.42. The third-order valence-electron chi connectivity index (χ3n) is 9.41. The highest BCUT2D eigenvalue weighted by molar-refractivity contribution is 6.39. The number of halogens is 2. The van der Waals surface area contributed by atoms with Gasteiger partial charge < -0.3 is 26.0 Å². The maximum absolute atomic E-state index is 13.3. The van der Waals surface area contributed by atoms with E-state index in [0.29, 0.717) is 71.7 Å². The van der Waals surface area contributed by atoms with E-state index in [-0.39, 0.29) is 29.5 Å². The van der Waals surface area contributed by atoms with E-state index in [1.165, 1.54) is 4.40 Å². The van der Waals surface area contributed by atoms with Crippen molar-refractivity contribution in [1.82, 2.24) is 35.6 Å². The minimum Gasteiger partial charge on any atom is -0.496 e. The Morgan fingerprint density at radius 2 is 1.49 bits per heavy atom. The summed E-state index contributed by atoms with van der Waals surface area (Å²) in [5, 5.41) is 13.5. The first-order valence-corrected chi connectivity index (χ1v) is 17.7. The lowest BCUT2D eigenvalue weighted by molar-refractivity contribution is -0.120. The molecule has 5 aromatic rings. The van der Waals surface area contributed by atoms with Gasteiger partial charge in [0.05, 0.1) is 22.8 Å². The molecule has 7 rings (SSSR count). The summed E-state index contributed by atoms with van der Waals surface area (Å²) >= 11 is 14.2. The molecule has 2 aliphatic rings. The van der Waals surface area contributed by atoms with Gasteiger partial charge in [-0.1, -0.05) is 53.5 Å². The van der Waals surface area contributed by atoms with E-state index < -0.39 is 0 Å². The van der Waals surface area contributed by atoms with E-state index >= 15 is 0 Å². The summed E-state index contributed by atoms with van der Waals surface area (Å²) in [6.07, 6.45) is 7.73. The second kappa shape index (κ2) is 15.2. The molecule has 4 N–H and O–H groups in total. The molecule has 2 atom stereocenters. The van der Waals surface area contributed by atoms with Gasteiger partial charge >= 0.3 is 0 Å². The first-order valence-electron chi connectivity index (χ1n) is 16.9. The smallest absolute Gasteiger partial charge is 0.262 e. The number of nitrogens with one attached hydrogen (secondary N) is 4. The Morgan fingerprint density at radius 3 is 2.18 bits per heavy atom. The summed E-state index contributed by atoms with van der Waals surface area (Å²) in [4.78, 5) is 45.4. The Morgan fingerprint density at radius 1 is 0.804 bits per heavy atom. The van der Waals surface area contributed by atoms with Crippen molar-refractivity contribution in [2.45, 2.75) is 50.9 Å². The summed E-state index contributed by atoms with van der Waals surface area (Å²) in [7, 11) is 1.63. The minimum absolute atomic E-state index is 0.0604. The molecule has 0 saturated carbocycles. The maximum Gasteiger partial charge on any atom is 0.262 e. The number of carbonyl (C=O) groups is 2. The van der Waals surface area contributed by atoms with Crippen molar-refractivity contribution < 1.29 is 14.3 Å². The Bertz CT molecular complexity index is 2190. The molecule has 5 heterocycles. The Balaban J connectivity index is 1.10. The van der Waals surface area contributed by atoms with Crippen LogP contribution in [0.15, 0.2) is 78.0 Å². The van der Waals surface area contributed by atoms with E-state index in [0.717, 1.165) is 46.2 Å². The van der Waals surface area contributed by atoms with Gasteiger partial charge in [-0.3, -0.25) is 23.8 Å². The van der Waals surface area contributed by atoms with Gasteiger partial charge in [0.1, 0.15) is 11.4 Å². The van der Waals surface area contributed by atoms with Gasteiger partial charge in [-0.2, -0.15) is 0 Å². The SMILES string of the molecule is COc1cc(-c2nccc(-c3cccc(-c4ccn5c(=O)c(CNC[C@@H]6CCC(=O)N6)cnc5c4)c3Cl)c2Cl)ccc1CNC[C@H]1CCC(=O)N1. The lowest BCUT2D eigenvalue weighted by Crippen LogP contribution is -2.36. The Hall–Kier alpha value is -4.81. The molecule has 0 spiro atoms. The van der Waals surface area contributed by atoms with Crippen LogP contribution in [0.4, 0.5) is 0 Å². The van der Waals surface area contributed by atoms with Gasteiger partial charge in [0.15, 0.2) is 0 Å². The number of benzene rings is 2. The molecule has 3 aromatic heterocycles. The number of nitrogens with zero attached hydrogens (tertiary/aromatic N) is 3. The zero-order chi connectivity index (χ0) is 35.5. The van der Waals surface area contributed by atoms with Crippen LogP contribution in [0.3, 0.4) is 0 Å². The lowest BCUT2D eigenvalue weighted by Gasteiger charge is -2.16. The zero-order valence-electron chi connectivity index (χ0n) is 28.0. The average molecular weight is 727 g/mol. The number of rotatable bonds is 12. The Kier molecular flexibility index (Phi) is 10.3. The number of amides is 2. The van der Waals surface area contributed by atoms with Crippen molar-refractivity contribution in [3.8, 4) is 39.3 Å². The van der Waals surface area contributed by atoms with Crippen LogP contribution in [0, 0.1) is 0 Å². The summed E-state index contributed by atoms with van der Waals surface area (Å²) in [6.45, 7) is 2.21. The third kappa shape index (κ3) is 7.48. The average Bonchev–Trinajstić information content (AvgIpc) is 3.76. The van der Waals surface area contributed by atoms with Crippen LogP contribution in [-0.2, 0) is 22.7 Å². The van der Waals surface area contributed by atoms with Crippen molar-refractivity contribution in [2.24, 2.45) is 0 Å². The second-order valence-electron chi connectivity index (χ2n) is 12.8. The molecule has 13 heteroatoms. The number of hydrogen-bond donors (Lipinski definition) is 4. The maximum atomic E-state index is 13.3. The van der Waals surface area contributed by atoms with Crippen molar-refractivity contribution in [2.75, 3.05) is 20.2 Å². The number of aromatic nitrogens is 3. The number of hydrogen-bond acceptors (Lipinski definition) is 8. The molecule has 11 nitrogen and oxygen atoms in total. The summed E-state index contributed by atoms with van der Waals surface area (Å²) in [5.41, 5.74) is 6.25. The monoisotopic (exact) mass is 725 g/mol. The molecule has 2 fully saturated rings. The predicted molar refractivity (Wildman–Crippen MR) is 198 cm³/mol. The van der Waals surface area contributed by atoms with Gasteiger partial charge in [0.2, 0.25) is 11.8 Å². The molecular formula is C38H37Cl2N7O4. The van der Waals surface area contributed by atoms with Gasteiger partial charge in [0, 0.05) is 103 Å². The van der Waals surface area contributed by atoms with Crippen LogP contribution < -0.4 is 31.6 Å². The van der Waals surface area contributed by atoms with E-state index in [9.17, 15) is 14.4 Å². The molecule has 0 aliphatic carbocycles. The molecule has 0 bridgehead atoms. The second-order valence-corrected chi connectivity index (χ2v) is 13.6. The van der Waals surface area contributed by atoms with E-state index in [1.54, 1.807) is 25.7 Å². The van der Waals surface area contributed by atoms with Gasteiger partial charge in [-0.25, -0.2) is 4.98 Å². The van der Waals surface area contributed by atoms with Crippen molar-refractivity contribution in [1.29, 1.82) is 0 Å². The fourth-order valence-corrected chi connectivity index (χ4v) is 7.34. The van der Waals surface area contributed by atoms with Crippen LogP contribution in [0.2, 0.25) is 10.0 Å². The highest BCUT2D eigenvalue weighted by atomic mass is 35.5. The van der Waals surface area contributed by atoms with Crippen LogP contribution in [0.1, 0.15) is 36.8 Å². The van der Waals surface area contributed by atoms with E-state index in [2.05, 4.69) is 31.2 Å². The van der Waals surface area contributed by atoms with E-state index in [1.807, 2.05) is 54.6 Å². The standard InChI is InChI=1S/C38H37Cl2N7O4/c1-51-31-15-23(5-6-24(31)17-41-20-26-7-9-33(48)45-26)37-36(40)30(11-13-43-37)29-4-2-3-28(35(29)39)22-12-14-47-32(16-22)44-19-25(38(47)50)18-42-21-27-8-10-34(49)46-27/h2-6,11-16,19,26-27,41-42H,7-10,17-18,20-21H2,1H3,(H,45,48)(H,46,49)/t26-,27+/m1/s1. The van der Waals surface area contributed by atoms with Gasteiger partial charge in [0.25, 0.3) is 5.56 Å². The zero-order valence-corrected chi connectivity index (χ0v) is 29.5. The first kappa shape index (κ1) is 34.6. The molecule has 2 saturated heterocycles. The highest BCUT2D eigenvalue weighted by Gasteiger charge is 2.22. The van der Waals surface area contributed by atoms with Gasteiger partial charge in [-0.15, -0.1) is 0 Å². The molecule has 2 aromatic carbocycles. The van der Waals surface area contributed by atoms with Crippen LogP contribution in [0.5, 0.6) is 5.75 Å². The summed E-state index contributed by atoms with van der Waals surface area (Å²) < 4.78 is 7.25. The first-order chi connectivity index (χ1) is 24.8. The van der Waals surface area contributed by atoms with Gasteiger partial charge in [-0.05, 0) is 42.7 Å². The molecule has 2 amide bonds. The predicted octanol–water partition coefficient (Wildman–Crippen LogP) is 5.14. The van der Waals surface area contributed by atoms with Crippen molar-refractivity contribution >= 4 is 40.7 Å². The number of methoxy groups -OCH3 is 1. The fraction of sp³-hybridized carbons (Fsp3) is 0.289. The van der Waals surface area contributed by atoms with Crippen molar-refractivity contribution in [3.05, 3.63) is 105 Å². The normalized spacial score (nSPS) is 17.2. The molecule has 0 unspecified atom stereocenters. The summed E-state index contributed by atoms with van der Waals surface area (Å²) in [5.74, 6) is 0.857. The van der Waals surface area contributed by atoms with E-state index in [4.69, 9.17) is 27.9 Å². The Labute approximate surface area is 304 Å². The molecule has 262 valence electrons. The number of pyridine rings is 2. The van der Waals surface area contributed by atoms with Crippen LogP contribution in [0.25, 0.3) is 39.2 Å². The van der Waals surface area contributed by atoms with Crippen molar-refractivity contribution in [3.63, 3.8) is 0 Å².